The van der Waals surface area contributed by atoms with Gasteiger partial charge in [-0.3, -0.25) is 0 Å². The Labute approximate surface area is 115 Å². The molecule has 7 heteroatoms. The van der Waals surface area contributed by atoms with Crippen molar-refractivity contribution in [2.45, 2.75) is 39.5 Å². The van der Waals surface area contributed by atoms with Gasteiger partial charge in [0.15, 0.2) is 0 Å². The van der Waals surface area contributed by atoms with E-state index in [1.165, 1.54) is 11.3 Å². The zero-order chi connectivity index (χ0) is 13.7. The van der Waals surface area contributed by atoms with Crippen LogP contribution in [0.15, 0.2) is 12.1 Å². The Morgan fingerprint density at radius 2 is 2.26 bits per heavy atom. The summed E-state index contributed by atoms with van der Waals surface area (Å²) in [6.07, 6.45) is 3.66. The molecule has 0 amide bonds. The summed E-state index contributed by atoms with van der Waals surface area (Å²) in [5.74, 6) is 0.103. The highest BCUT2D eigenvalue weighted by molar-refractivity contribution is 7.15. The van der Waals surface area contributed by atoms with Crippen LogP contribution in [0.3, 0.4) is 0 Å². The maximum absolute atomic E-state index is 11.3. The van der Waals surface area contributed by atoms with E-state index >= 15 is 0 Å². The SMILES string of the molecule is CCCCc1ccc(-c2nnnn2OC(=O)CC)s1. The number of carbonyl (C=O) groups excluding carboxylic acids is 1. The van der Waals surface area contributed by atoms with Gasteiger partial charge >= 0.3 is 5.97 Å². The molecule has 0 spiro atoms. The first-order chi connectivity index (χ1) is 9.24. The number of nitrogens with zero attached hydrogens (tertiary/aromatic N) is 4. The lowest BCUT2D eigenvalue weighted by molar-refractivity contribution is -0.145. The Kier molecular flexibility index (Phi) is 4.62. The van der Waals surface area contributed by atoms with Crippen LogP contribution in [0.1, 0.15) is 38.0 Å². The Morgan fingerprint density at radius 3 is 3.00 bits per heavy atom. The lowest BCUT2D eigenvalue weighted by Gasteiger charge is -2.01. The number of hydrogen-bond acceptors (Lipinski definition) is 6. The minimum Gasteiger partial charge on any atom is -0.316 e. The van der Waals surface area contributed by atoms with Crippen LogP contribution in [0.25, 0.3) is 10.7 Å². The monoisotopic (exact) mass is 280 g/mol. The summed E-state index contributed by atoms with van der Waals surface area (Å²) in [4.78, 5) is 19.6. The third-order valence-corrected chi connectivity index (χ3v) is 3.72. The van der Waals surface area contributed by atoms with Crippen LogP contribution >= 0.6 is 11.3 Å². The quantitative estimate of drug-likeness (QED) is 0.758. The number of unbranched alkanes of at least 4 members (excludes halogenated alkanes) is 1. The molecule has 0 fully saturated rings. The van der Waals surface area contributed by atoms with Crippen LogP contribution in [-0.2, 0) is 11.2 Å². The molecule has 0 unspecified atom stereocenters. The number of thiophene rings is 1. The molecule has 0 saturated carbocycles. The molecule has 102 valence electrons. The Morgan fingerprint density at radius 1 is 1.42 bits per heavy atom. The third-order valence-electron chi connectivity index (χ3n) is 2.58. The van der Waals surface area contributed by atoms with Crippen LogP contribution in [0.4, 0.5) is 0 Å². The molecule has 0 aromatic carbocycles. The third kappa shape index (κ3) is 3.37. The van der Waals surface area contributed by atoms with Gasteiger partial charge in [-0.05, 0) is 40.2 Å². The van der Waals surface area contributed by atoms with Crippen LogP contribution in [-0.4, -0.2) is 26.3 Å². The molecule has 0 aliphatic carbocycles. The van der Waals surface area contributed by atoms with Gasteiger partial charge in [0, 0.05) is 11.3 Å². The van der Waals surface area contributed by atoms with Gasteiger partial charge in [-0.25, -0.2) is 4.79 Å². The zero-order valence-electron chi connectivity index (χ0n) is 11.0. The van der Waals surface area contributed by atoms with E-state index in [9.17, 15) is 4.79 Å². The predicted molar refractivity (Wildman–Crippen MR) is 71.6 cm³/mol. The molecule has 0 atom stereocenters. The molecule has 19 heavy (non-hydrogen) atoms. The molecule has 0 bridgehead atoms. The topological polar surface area (TPSA) is 69.9 Å². The van der Waals surface area contributed by atoms with Gasteiger partial charge in [-0.15, -0.1) is 16.4 Å². The first kappa shape index (κ1) is 13.7. The summed E-state index contributed by atoms with van der Waals surface area (Å²) in [7, 11) is 0. The standard InChI is InChI=1S/C12H16N4O2S/c1-3-5-6-9-7-8-10(19-9)12-13-14-15-16(12)18-11(17)4-2/h7-8H,3-6H2,1-2H3. The minimum absolute atomic E-state index is 0.283. The zero-order valence-corrected chi connectivity index (χ0v) is 11.8. The summed E-state index contributed by atoms with van der Waals surface area (Å²) in [5, 5.41) is 11.1. The van der Waals surface area contributed by atoms with E-state index in [0.717, 1.165) is 22.6 Å². The van der Waals surface area contributed by atoms with E-state index in [2.05, 4.69) is 28.5 Å². The maximum Gasteiger partial charge on any atom is 0.334 e. The predicted octanol–water partition coefficient (Wildman–Crippen LogP) is 2.11. The number of rotatable bonds is 6. The van der Waals surface area contributed by atoms with Gasteiger partial charge in [-0.1, -0.05) is 20.3 Å². The summed E-state index contributed by atoms with van der Waals surface area (Å²) in [6.45, 7) is 3.89. The summed E-state index contributed by atoms with van der Waals surface area (Å²) < 4.78 is 0. The molecular formula is C12H16N4O2S. The molecule has 0 aliphatic rings. The Balaban J connectivity index is 2.15. The van der Waals surface area contributed by atoms with Crippen molar-refractivity contribution in [1.82, 2.24) is 20.4 Å². The van der Waals surface area contributed by atoms with Crippen molar-refractivity contribution in [3.8, 4) is 10.7 Å². The number of carbonyl (C=O) groups is 1. The number of aryl methyl sites for hydroxylation is 1. The van der Waals surface area contributed by atoms with E-state index in [4.69, 9.17) is 4.84 Å². The number of hydrogen-bond donors (Lipinski definition) is 0. The van der Waals surface area contributed by atoms with Crippen molar-refractivity contribution in [1.29, 1.82) is 0 Å². The maximum atomic E-state index is 11.3. The normalized spacial score (nSPS) is 10.6. The molecule has 0 N–H and O–H groups in total. The van der Waals surface area contributed by atoms with E-state index in [1.807, 2.05) is 6.07 Å². The van der Waals surface area contributed by atoms with Gasteiger partial charge in [0.2, 0.25) is 5.82 Å². The van der Waals surface area contributed by atoms with Crippen molar-refractivity contribution in [2.75, 3.05) is 0 Å². The summed E-state index contributed by atoms with van der Waals surface area (Å²) >= 11 is 1.62. The van der Waals surface area contributed by atoms with Crippen LogP contribution in [0, 0.1) is 0 Å². The molecule has 2 aromatic rings. The minimum atomic E-state index is -0.365. The van der Waals surface area contributed by atoms with Crippen molar-refractivity contribution < 1.29 is 9.63 Å². The first-order valence-corrected chi connectivity index (χ1v) is 7.14. The van der Waals surface area contributed by atoms with Crippen molar-refractivity contribution in [3.05, 3.63) is 17.0 Å². The van der Waals surface area contributed by atoms with Crippen LogP contribution < -0.4 is 4.84 Å². The van der Waals surface area contributed by atoms with Gasteiger partial charge < -0.3 is 4.84 Å². The van der Waals surface area contributed by atoms with Crippen LogP contribution in [0.2, 0.25) is 0 Å². The van der Waals surface area contributed by atoms with Gasteiger partial charge in [0.1, 0.15) is 0 Å². The summed E-state index contributed by atoms with van der Waals surface area (Å²) in [6, 6.07) is 4.02. The molecule has 0 saturated heterocycles. The van der Waals surface area contributed by atoms with Gasteiger partial charge in [0.25, 0.3) is 0 Å². The molecular weight excluding hydrogens is 264 g/mol. The highest BCUT2D eigenvalue weighted by Gasteiger charge is 2.14. The number of tetrazole rings is 1. The second-order valence-corrected chi connectivity index (χ2v) is 5.23. The van der Waals surface area contributed by atoms with Crippen molar-refractivity contribution in [2.24, 2.45) is 0 Å². The Hall–Kier alpha value is -1.76. The van der Waals surface area contributed by atoms with Gasteiger partial charge in [-0.2, -0.15) is 0 Å². The van der Waals surface area contributed by atoms with Crippen LogP contribution in [0.5, 0.6) is 0 Å². The second kappa shape index (κ2) is 6.42. The average molecular weight is 280 g/mol. The summed E-state index contributed by atoms with van der Waals surface area (Å²) in [5.41, 5.74) is 0. The lowest BCUT2D eigenvalue weighted by atomic mass is 10.2. The van der Waals surface area contributed by atoms with Crippen molar-refractivity contribution in [3.63, 3.8) is 0 Å². The average Bonchev–Trinajstić information content (AvgIpc) is 3.04. The molecule has 2 aromatic heterocycles. The first-order valence-electron chi connectivity index (χ1n) is 6.33. The molecule has 6 nitrogen and oxygen atoms in total. The van der Waals surface area contributed by atoms with E-state index in [1.54, 1.807) is 18.3 Å². The Bertz CT molecular complexity index is 549. The number of aromatic nitrogens is 4. The van der Waals surface area contributed by atoms with E-state index < -0.39 is 0 Å². The fourth-order valence-electron chi connectivity index (χ4n) is 1.53. The molecule has 0 aliphatic heterocycles. The van der Waals surface area contributed by atoms with Crippen molar-refractivity contribution >= 4 is 17.3 Å². The molecule has 0 radical (unpaired) electrons. The highest BCUT2D eigenvalue weighted by Crippen LogP contribution is 2.26. The fraction of sp³-hybridized carbons (Fsp3) is 0.500. The fourth-order valence-corrected chi connectivity index (χ4v) is 2.54. The van der Waals surface area contributed by atoms with Gasteiger partial charge in [0.05, 0.1) is 4.88 Å². The smallest absolute Gasteiger partial charge is 0.316 e. The van der Waals surface area contributed by atoms with E-state index in [0.29, 0.717) is 5.82 Å². The lowest BCUT2D eigenvalue weighted by Crippen LogP contribution is -2.20. The van der Waals surface area contributed by atoms with E-state index in [-0.39, 0.29) is 12.4 Å². The largest absolute Gasteiger partial charge is 0.334 e. The molecule has 2 rings (SSSR count). The molecule has 2 heterocycles. The second-order valence-electron chi connectivity index (χ2n) is 4.06. The highest BCUT2D eigenvalue weighted by atomic mass is 32.1.